The molecule has 0 saturated heterocycles. The van der Waals surface area contributed by atoms with Gasteiger partial charge in [-0.05, 0) is 24.8 Å². The van der Waals surface area contributed by atoms with E-state index < -0.39 is 0 Å². The van der Waals surface area contributed by atoms with Crippen LogP contribution in [0, 0.1) is 5.41 Å². The molecule has 0 bridgehead atoms. The highest BCUT2D eigenvalue weighted by molar-refractivity contribution is 4.63. The highest BCUT2D eigenvalue weighted by Crippen LogP contribution is 2.20. The van der Waals surface area contributed by atoms with Gasteiger partial charge in [0.15, 0.2) is 0 Å². The van der Waals surface area contributed by atoms with Gasteiger partial charge in [0.25, 0.3) is 0 Å². The van der Waals surface area contributed by atoms with Crippen LogP contribution in [0.25, 0.3) is 0 Å². The Bertz CT molecular complexity index is 96.2. The average molecular weight is 159 g/mol. The summed E-state index contributed by atoms with van der Waals surface area (Å²) in [5.74, 6) is 0. The van der Waals surface area contributed by atoms with Crippen LogP contribution in [0.3, 0.4) is 0 Å². The number of hydrogen-bond donors (Lipinski definition) is 2. The smallest absolute Gasteiger partial charge is 0.104 e. The van der Waals surface area contributed by atoms with Crippen LogP contribution >= 0.6 is 0 Å². The van der Waals surface area contributed by atoms with Crippen molar-refractivity contribution in [3.05, 3.63) is 0 Å². The zero-order chi connectivity index (χ0) is 8.91. The van der Waals surface area contributed by atoms with Crippen LogP contribution in [0.1, 0.15) is 40.5 Å². The number of aliphatic hydroxyl groups excluding tert-OH is 1. The minimum atomic E-state index is -0.320. The topological polar surface area (TPSA) is 32.3 Å². The lowest BCUT2D eigenvalue weighted by Crippen LogP contribution is -2.29. The first-order valence-electron chi connectivity index (χ1n) is 4.37. The van der Waals surface area contributed by atoms with Gasteiger partial charge in [-0.2, -0.15) is 0 Å². The molecular formula is C9H21NO. The Morgan fingerprint density at radius 1 is 1.36 bits per heavy atom. The standard InChI is InChI=1S/C9H21NO/c1-5-10-8(11)6-7-9(2,3)4/h8,10-11H,5-7H2,1-4H3. The molecular weight excluding hydrogens is 138 g/mol. The van der Waals surface area contributed by atoms with E-state index in [1.165, 1.54) is 0 Å². The second-order valence-corrected chi connectivity index (χ2v) is 4.17. The van der Waals surface area contributed by atoms with Gasteiger partial charge in [0.05, 0.1) is 0 Å². The molecule has 0 spiro atoms. The Labute approximate surface area is 70.0 Å². The molecule has 0 amide bonds. The van der Waals surface area contributed by atoms with Gasteiger partial charge < -0.3 is 5.11 Å². The summed E-state index contributed by atoms with van der Waals surface area (Å²) < 4.78 is 0. The number of aliphatic hydroxyl groups is 1. The highest BCUT2D eigenvalue weighted by atomic mass is 16.3. The van der Waals surface area contributed by atoms with Crippen molar-refractivity contribution in [3.63, 3.8) is 0 Å². The molecule has 0 aliphatic heterocycles. The molecule has 2 N–H and O–H groups in total. The van der Waals surface area contributed by atoms with E-state index >= 15 is 0 Å². The molecule has 0 heterocycles. The van der Waals surface area contributed by atoms with Gasteiger partial charge in [-0.25, -0.2) is 0 Å². The van der Waals surface area contributed by atoms with Gasteiger partial charge in [-0.1, -0.05) is 27.7 Å². The van der Waals surface area contributed by atoms with Crippen molar-refractivity contribution >= 4 is 0 Å². The third-order valence-corrected chi connectivity index (χ3v) is 1.61. The Morgan fingerprint density at radius 3 is 2.27 bits per heavy atom. The highest BCUT2D eigenvalue weighted by Gasteiger charge is 2.12. The molecule has 0 aliphatic carbocycles. The summed E-state index contributed by atoms with van der Waals surface area (Å²) in [6, 6.07) is 0. The van der Waals surface area contributed by atoms with E-state index in [-0.39, 0.29) is 6.23 Å². The van der Waals surface area contributed by atoms with E-state index in [2.05, 4.69) is 26.1 Å². The van der Waals surface area contributed by atoms with Crippen LogP contribution in [0.15, 0.2) is 0 Å². The molecule has 2 heteroatoms. The first-order chi connectivity index (χ1) is 4.95. The molecule has 1 atom stereocenters. The van der Waals surface area contributed by atoms with E-state index in [0.29, 0.717) is 5.41 Å². The van der Waals surface area contributed by atoms with Crippen LogP contribution in [0.2, 0.25) is 0 Å². The molecule has 68 valence electrons. The number of hydrogen-bond acceptors (Lipinski definition) is 2. The molecule has 0 radical (unpaired) electrons. The molecule has 0 aromatic rings. The van der Waals surface area contributed by atoms with E-state index in [1.807, 2.05) is 6.92 Å². The predicted octanol–water partition coefficient (Wildman–Crippen LogP) is 1.74. The summed E-state index contributed by atoms with van der Waals surface area (Å²) in [4.78, 5) is 0. The van der Waals surface area contributed by atoms with Gasteiger partial charge in [0, 0.05) is 0 Å². The second-order valence-electron chi connectivity index (χ2n) is 4.17. The summed E-state index contributed by atoms with van der Waals surface area (Å²) in [5, 5.41) is 12.3. The first kappa shape index (κ1) is 10.9. The van der Waals surface area contributed by atoms with Crippen molar-refractivity contribution in [3.8, 4) is 0 Å². The van der Waals surface area contributed by atoms with Gasteiger partial charge in [-0.3, -0.25) is 5.32 Å². The maximum absolute atomic E-state index is 9.30. The monoisotopic (exact) mass is 159 g/mol. The molecule has 0 aromatic carbocycles. The van der Waals surface area contributed by atoms with Crippen LogP contribution < -0.4 is 5.32 Å². The summed E-state index contributed by atoms with van der Waals surface area (Å²) in [7, 11) is 0. The molecule has 0 fully saturated rings. The van der Waals surface area contributed by atoms with Gasteiger partial charge in [-0.15, -0.1) is 0 Å². The van der Waals surface area contributed by atoms with Gasteiger partial charge in [0.2, 0.25) is 0 Å². The SMILES string of the molecule is CCNC(O)CCC(C)(C)C. The normalized spacial score (nSPS) is 15.0. The Balaban J connectivity index is 3.38. The summed E-state index contributed by atoms with van der Waals surface area (Å²) >= 11 is 0. The number of nitrogens with one attached hydrogen (secondary N) is 1. The minimum absolute atomic E-state index is 0.320. The first-order valence-corrected chi connectivity index (χ1v) is 4.37. The minimum Gasteiger partial charge on any atom is -0.379 e. The molecule has 0 aliphatic rings. The molecule has 11 heavy (non-hydrogen) atoms. The summed E-state index contributed by atoms with van der Waals surface area (Å²) in [6.07, 6.45) is 1.58. The van der Waals surface area contributed by atoms with Crippen LogP contribution in [0.4, 0.5) is 0 Å². The van der Waals surface area contributed by atoms with Crippen molar-refractivity contribution in [2.45, 2.75) is 46.8 Å². The average Bonchev–Trinajstić information content (AvgIpc) is 1.83. The summed E-state index contributed by atoms with van der Waals surface area (Å²) in [5.41, 5.74) is 0.330. The third-order valence-electron chi connectivity index (χ3n) is 1.61. The van der Waals surface area contributed by atoms with E-state index in [9.17, 15) is 5.11 Å². The predicted molar refractivity (Wildman–Crippen MR) is 48.4 cm³/mol. The number of rotatable bonds is 4. The molecule has 0 saturated carbocycles. The summed E-state index contributed by atoms with van der Waals surface area (Å²) in [6.45, 7) is 9.40. The third kappa shape index (κ3) is 7.82. The Morgan fingerprint density at radius 2 is 1.91 bits per heavy atom. The van der Waals surface area contributed by atoms with Crippen molar-refractivity contribution in [1.82, 2.24) is 5.32 Å². The lowest BCUT2D eigenvalue weighted by molar-refractivity contribution is 0.114. The Kier molecular flexibility index (Phi) is 4.69. The van der Waals surface area contributed by atoms with Crippen LogP contribution in [-0.4, -0.2) is 17.9 Å². The van der Waals surface area contributed by atoms with E-state index in [0.717, 1.165) is 19.4 Å². The molecule has 0 aromatic heterocycles. The zero-order valence-corrected chi connectivity index (χ0v) is 8.15. The van der Waals surface area contributed by atoms with Crippen molar-refractivity contribution < 1.29 is 5.11 Å². The second kappa shape index (κ2) is 4.73. The molecule has 1 unspecified atom stereocenters. The van der Waals surface area contributed by atoms with E-state index in [4.69, 9.17) is 0 Å². The lowest BCUT2D eigenvalue weighted by Gasteiger charge is -2.20. The lowest BCUT2D eigenvalue weighted by atomic mass is 9.90. The van der Waals surface area contributed by atoms with Crippen molar-refractivity contribution in [2.75, 3.05) is 6.54 Å². The van der Waals surface area contributed by atoms with Gasteiger partial charge >= 0.3 is 0 Å². The largest absolute Gasteiger partial charge is 0.379 e. The van der Waals surface area contributed by atoms with Crippen molar-refractivity contribution in [1.29, 1.82) is 0 Å². The fraction of sp³-hybridized carbons (Fsp3) is 1.00. The van der Waals surface area contributed by atoms with Crippen molar-refractivity contribution in [2.24, 2.45) is 5.41 Å². The Hall–Kier alpha value is -0.0800. The van der Waals surface area contributed by atoms with Gasteiger partial charge in [0.1, 0.15) is 6.23 Å². The fourth-order valence-electron chi connectivity index (χ4n) is 0.907. The van der Waals surface area contributed by atoms with Crippen LogP contribution in [0.5, 0.6) is 0 Å². The fourth-order valence-corrected chi connectivity index (χ4v) is 0.907. The van der Waals surface area contributed by atoms with Crippen LogP contribution in [-0.2, 0) is 0 Å². The maximum atomic E-state index is 9.30. The zero-order valence-electron chi connectivity index (χ0n) is 8.15. The molecule has 2 nitrogen and oxygen atoms in total. The quantitative estimate of drug-likeness (QED) is 0.612. The van der Waals surface area contributed by atoms with E-state index in [1.54, 1.807) is 0 Å². The molecule has 0 rings (SSSR count). The maximum Gasteiger partial charge on any atom is 0.104 e.